The number of thioether (sulfide) groups is 1. The van der Waals surface area contributed by atoms with Gasteiger partial charge in [-0.1, -0.05) is 48.2 Å². The Hall–Kier alpha value is -4.24. The van der Waals surface area contributed by atoms with Crippen molar-refractivity contribution in [2.45, 2.75) is 11.7 Å². The van der Waals surface area contributed by atoms with Gasteiger partial charge in [-0.25, -0.2) is 4.39 Å². The smallest absolute Gasteiger partial charge is 0.247 e. The largest absolute Gasteiger partial charge is 0.508 e. The van der Waals surface area contributed by atoms with E-state index in [0.717, 1.165) is 17.3 Å². The number of amides is 2. The van der Waals surface area contributed by atoms with E-state index in [-0.39, 0.29) is 24.0 Å². The lowest BCUT2D eigenvalue weighted by Gasteiger charge is -2.15. The van der Waals surface area contributed by atoms with Crippen LogP contribution in [-0.2, 0) is 9.59 Å². The highest BCUT2D eigenvalue weighted by Gasteiger charge is 2.40. The molecular formula is C26H21FN4O3S. The molecule has 1 atom stereocenters. The average Bonchev–Trinajstić information content (AvgIpc) is 3.16. The van der Waals surface area contributed by atoms with Crippen LogP contribution in [0.1, 0.15) is 12.0 Å². The molecule has 3 aromatic carbocycles. The van der Waals surface area contributed by atoms with Gasteiger partial charge in [-0.05, 0) is 60.2 Å². The zero-order chi connectivity index (χ0) is 24.6. The van der Waals surface area contributed by atoms with Gasteiger partial charge >= 0.3 is 0 Å². The van der Waals surface area contributed by atoms with Crippen LogP contribution in [0.15, 0.2) is 95.1 Å². The minimum Gasteiger partial charge on any atom is -0.508 e. The number of allylic oxidation sites excluding steroid dienone is 1. The molecule has 0 aromatic heterocycles. The molecule has 1 fully saturated rings. The first-order valence-electron chi connectivity index (χ1n) is 10.7. The molecule has 0 spiro atoms. The summed E-state index contributed by atoms with van der Waals surface area (Å²) in [4.78, 5) is 27.1. The molecule has 7 nitrogen and oxygen atoms in total. The first-order valence-corrected chi connectivity index (χ1v) is 11.6. The Morgan fingerprint density at radius 1 is 1.06 bits per heavy atom. The standard InChI is InChI=1S/C26H21FN4O3S/c27-19-8-10-20(11-9-19)29-24(33)17-23-25(34)31(21-12-14-22(32)15-13-21)26(35-23)30-28-16-4-7-18-5-2-1-3-6-18/h1-16,23,32H,17H2,(H,29,33)/b7-4+,28-16+,30-26+. The quantitative estimate of drug-likeness (QED) is 0.359. The first kappa shape index (κ1) is 23.9. The second-order valence-corrected chi connectivity index (χ2v) is 8.64. The Balaban J connectivity index is 1.49. The van der Waals surface area contributed by atoms with Crippen molar-refractivity contribution < 1.29 is 19.1 Å². The molecule has 4 rings (SSSR count). The van der Waals surface area contributed by atoms with Crippen molar-refractivity contribution in [2.24, 2.45) is 10.2 Å². The van der Waals surface area contributed by atoms with Gasteiger partial charge in [0.15, 0.2) is 5.17 Å². The summed E-state index contributed by atoms with van der Waals surface area (Å²) >= 11 is 1.13. The number of aromatic hydroxyl groups is 1. The molecule has 35 heavy (non-hydrogen) atoms. The molecule has 0 bridgehead atoms. The summed E-state index contributed by atoms with van der Waals surface area (Å²) in [5.74, 6) is -1.06. The lowest BCUT2D eigenvalue weighted by atomic mass is 10.2. The van der Waals surface area contributed by atoms with Gasteiger partial charge in [0, 0.05) is 18.3 Å². The molecule has 1 heterocycles. The van der Waals surface area contributed by atoms with Gasteiger partial charge in [0.25, 0.3) is 0 Å². The molecule has 2 N–H and O–H groups in total. The molecule has 0 radical (unpaired) electrons. The highest BCUT2D eigenvalue weighted by molar-refractivity contribution is 8.16. The molecule has 0 saturated carbocycles. The van der Waals surface area contributed by atoms with Crippen LogP contribution in [0.3, 0.4) is 0 Å². The van der Waals surface area contributed by atoms with Crippen molar-refractivity contribution in [1.29, 1.82) is 0 Å². The Kier molecular flexibility index (Phi) is 7.69. The predicted octanol–water partition coefficient (Wildman–Crippen LogP) is 5.06. The Labute approximate surface area is 205 Å². The first-order chi connectivity index (χ1) is 17.0. The van der Waals surface area contributed by atoms with E-state index in [9.17, 15) is 19.1 Å². The third-order valence-electron chi connectivity index (χ3n) is 4.93. The summed E-state index contributed by atoms with van der Waals surface area (Å²) in [5, 5.41) is 20.1. The van der Waals surface area contributed by atoms with E-state index in [2.05, 4.69) is 15.5 Å². The van der Waals surface area contributed by atoms with E-state index in [1.165, 1.54) is 47.5 Å². The van der Waals surface area contributed by atoms with Crippen LogP contribution in [0.5, 0.6) is 5.75 Å². The fourth-order valence-corrected chi connectivity index (χ4v) is 4.35. The fraction of sp³-hybridized carbons (Fsp3) is 0.0769. The monoisotopic (exact) mass is 488 g/mol. The van der Waals surface area contributed by atoms with Gasteiger partial charge in [0.1, 0.15) is 16.8 Å². The van der Waals surface area contributed by atoms with Gasteiger partial charge in [0.2, 0.25) is 11.8 Å². The number of nitrogens with one attached hydrogen (secondary N) is 1. The van der Waals surface area contributed by atoms with Gasteiger partial charge in [0.05, 0.1) is 5.69 Å². The third kappa shape index (κ3) is 6.42. The van der Waals surface area contributed by atoms with Crippen molar-refractivity contribution >= 4 is 52.4 Å². The second kappa shape index (κ2) is 11.3. The zero-order valence-electron chi connectivity index (χ0n) is 18.4. The van der Waals surface area contributed by atoms with Crippen LogP contribution < -0.4 is 10.2 Å². The summed E-state index contributed by atoms with van der Waals surface area (Å²) in [6.07, 6.45) is 5.01. The number of carbonyl (C=O) groups is 2. The zero-order valence-corrected chi connectivity index (χ0v) is 19.2. The molecule has 176 valence electrons. The van der Waals surface area contributed by atoms with Crippen LogP contribution in [0.4, 0.5) is 15.8 Å². The maximum atomic E-state index is 13.2. The number of halogens is 1. The number of amidine groups is 1. The maximum absolute atomic E-state index is 13.2. The van der Waals surface area contributed by atoms with E-state index in [1.807, 2.05) is 36.4 Å². The van der Waals surface area contributed by atoms with Crippen LogP contribution in [0, 0.1) is 5.82 Å². The molecule has 2 amide bonds. The van der Waals surface area contributed by atoms with Gasteiger partial charge in [-0.2, -0.15) is 5.10 Å². The van der Waals surface area contributed by atoms with Gasteiger partial charge in [-0.15, -0.1) is 5.10 Å². The number of hydrogen-bond donors (Lipinski definition) is 2. The van der Waals surface area contributed by atoms with E-state index in [1.54, 1.807) is 18.2 Å². The number of carbonyl (C=O) groups excluding carboxylic acids is 2. The van der Waals surface area contributed by atoms with Crippen LogP contribution in [0.25, 0.3) is 6.08 Å². The summed E-state index contributed by atoms with van der Waals surface area (Å²) in [6.45, 7) is 0. The lowest BCUT2D eigenvalue weighted by molar-refractivity contribution is -0.121. The van der Waals surface area contributed by atoms with Crippen molar-refractivity contribution in [3.05, 3.63) is 96.3 Å². The molecule has 0 aliphatic carbocycles. The molecular weight excluding hydrogens is 467 g/mol. The number of phenolic OH excluding ortho intramolecular Hbond substituents is 1. The average molecular weight is 489 g/mol. The fourth-order valence-electron chi connectivity index (χ4n) is 3.26. The second-order valence-electron chi connectivity index (χ2n) is 7.47. The van der Waals surface area contributed by atoms with Crippen molar-refractivity contribution in [3.63, 3.8) is 0 Å². The number of hydrogen-bond acceptors (Lipinski definition) is 6. The van der Waals surface area contributed by atoms with Crippen molar-refractivity contribution in [2.75, 3.05) is 10.2 Å². The van der Waals surface area contributed by atoms with Crippen LogP contribution in [0.2, 0.25) is 0 Å². The highest BCUT2D eigenvalue weighted by Crippen LogP contribution is 2.34. The van der Waals surface area contributed by atoms with Crippen LogP contribution in [-0.4, -0.2) is 33.6 Å². The predicted molar refractivity (Wildman–Crippen MR) is 138 cm³/mol. The topological polar surface area (TPSA) is 94.4 Å². The minimum absolute atomic E-state index is 0.0610. The molecule has 1 saturated heterocycles. The van der Waals surface area contributed by atoms with E-state index >= 15 is 0 Å². The van der Waals surface area contributed by atoms with Crippen molar-refractivity contribution in [1.82, 2.24) is 0 Å². The summed E-state index contributed by atoms with van der Waals surface area (Å²) < 4.78 is 13.1. The Morgan fingerprint density at radius 3 is 2.49 bits per heavy atom. The SMILES string of the molecule is O=C(CC1S/C(=N/N=C/C=C/c2ccccc2)N(c2ccc(O)cc2)C1=O)Nc1ccc(F)cc1. The number of anilines is 2. The molecule has 9 heteroatoms. The summed E-state index contributed by atoms with van der Waals surface area (Å²) in [7, 11) is 0. The Morgan fingerprint density at radius 2 is 1.77 bits per heavy atom. The lowest BCUT2D eigenvalue weighted by Crippen LogP contribution is -2.33. The van der Waals surface area contributed by atoms with Gasteiger partial charge < -0.3 is 10.4 Å². The normalized spacial score (nSPS) is 17.1. The highest BCUT2D eigenvalue weighted by atomic mass is 32.2. The molecule has 1 aliphatic heterocycles. The summed E-state index contributed by atoms with van der Waals surface area (Å²) in [5.41, 5.74) is 1.94. The number of nitrogens with zero attached hydrogens (tertiary/aromatic N) is 3. The van der Waals surface area contributed by atoms with Crippen LogP contribution >= 0.6 is 11.8 Å². The van der Waals surface area contributed by atoms with E-state index in [0.29, 0.717) is 16.5 Å². The number of benzene rings is 3. The number of phenols is 1. The van der Waals surface area contributed by atoms with E-state index < -0.39 is 11.1 Å². The van der Waals surface area contributed by atoms with E-state index in [4.69, 9.17) is 0 Å². The maximum Gasteiger partial charge on any atom is 0.247 e. The third-order valence-corrected chi connectivity index (χ3v) is 6.05. The van der Waals surface area contributed by atoms with Crippen molar-refractivity contribution in [3.8, 4) is 5.75 Å². The Bertz CT molecular complexity index is 1280. The summed E-state index contributed by atoms with van der Waals surface area (Å²) in [6, 6.07) is 21.2. The minimum atomic E-state index is -0.724. The number of rotatable bonds is 7. The molecule has 3 aromatic rings. The van der Waals surface area contributed by atoms with Gasteiger partial charge in [-0.3, -0.25) is 14.5 Å². The molecule has 1 aliphatic rings. The molecule has 1 unspecified atom stereocenters.